The van der Waals surface area contributed by atoms with E-state index in [9.17, 15) is 71.0 Å². The number of hydrogen-bond acceptors (Lipinski definition) is 23. The van der Waals surface area contributed by atoms with E-state index >= 15 is 0 Å². The number of amides is 8. The van der Waals surface area contributed by atoms with Crippen molar-refractivity contribution in [3.63, 3.8) is 0 Å². The molecule has 140 heavy (non-hydrogen) atoms. The number of carbonyl (C=O) groups is 11. The van der Waals surface area contributed by atoms with Crippen molar-refractivity contribution < 1.29 is 110 Å². The predicted molar refractivity (Wildman–Crippen MR) is 512 cm³/mol. The minimum absolute atomic E-state index is 0. The zero-order valence-corrected chi connectivity index (χ0v) is 86.5. The van der Waals surface area contributed by atoms with Gasteiger partial charge in [-0.15, -0.1) is 0 Å². The predicted octanol–water partition coefficient (Wildman–Crippen LogP) is 8.63. The van der Waals surface area contributed by atoms with E-state index < -0.39 is 65.9 Å². The van der Waals surface area contributed by atoms with E-state index in [0.29, 0.717) is 109 Å². The van der Waals surface area contributed by atoms with Crippen LogP contribution in [0.1, 0.15) is 223 Å². The number of rotatable bonds is 21. The van der Waals surface area contributed by atoms with Gasteiger partial charge in [0.25, 0.3) is 0 Å². The number of halogens is 6. The van der Waals surface area contributed by atoms with Crippen LogP contribution in [0.4, 0.5) is 13.2 Å². The number of aromatic nitrogens is 10. The number of nitrogens with zero attached hydrogens (tertiary/aromatic N) is 14. The first kappa shape index (κ1) is 109. The first-order chi connectivity index (χ1) is 66.7. The van der Waals surface area contributed by atoms with Gasteiger partial charge < -0.3 is 70.9 Å². The van der Waals surface area contributed by atoms with Crippen molar-refractivity contribution in [2.24, 2.45) is 5.73 Å². The van der Waals surface area contributed by atoms with Gasteiger partial charge in [0.2, 0.25) is 59.2 Å². The Bertz CT molecular complexity index is 5930. The van der Waals surface area contributed by atoms with Crippen LogP contribution in [0.2, 0.25) is 28.8 Å². The van der Waals surface area contributed by atoms with Gasteiger partial charge in [0.05, 0.1) is 99.4 Å². The number of pyridine rings is 8. The Morgan fingerprint density at radius 2 is 0.993 bits per heavy atom. The van der Waals surface area contributed by atoms with Crippen LogP contribution in [0.5, 0.6) is 0 Å². The number of nitrogens with one attached hydrogen (secondary N) is 4. The summed E-state index contributed by atoms with van der Waals surface area (Å²) in [5, 5.41) is 29.2. The van der Waals surface area contributed by atoms with Gasteiger partial charge in [0.1, 0.15) is 21.1 Å². The van der Waals surface area contributed by atoms with Crippen molar-refractivity contribution in [3.8, 4) is 22.5 Å². The topological polar surface area (TPSA) is 450 Å². The maximum Gasteiger partial charge on any atom is 1.00 e. The van der Waals surface area contributed by atoms with Crippen molar-refractivity contribution in [3.05, 3.63) is 230 Å². The van der Waals surface area contributed by atoms with E-state index in [4.69, 9.17) is 50.4 Å². The quantitative estimate of drug-likeness (QED) is 0.0222. The number of carboxylic acid groups (broad SMARTS) is 2. The summed E-state index contributed by atoms with van der Waals surface area (Å²) < 4.78 is 50.2. The molecule has 8 amide bonds. The fourth-order valence-corrected chi connectivity index (χ4v) is 34.9. The number of carbonyl (C=O) groups excluding carboxylic acids is 10. The smallest absolute Gasteiger partial charge is 0.481 e. The summed E-state index contributed by atoms with van der Waals surface area (Å²) in [5.41, 5.74) is 18.0. The van der Waals surface area contributed by atoms with Crippen molar-refractivity contribution in [1.29, 1.82) is 0 Å². The molecule has 0 bridgehead atoms. The van der Waals surface area contributed by atoms with Crippen molar-refractivity contribution in [1.82, 2.24) is 90.3 Å². The molecule has 18 rings (SSSR count). The largest absolute Gasteiger partial charge is 1.00 e. The number of ether oxygens (including phenoxy) is 1. The SMILES string of the molecule is CC(C)(C)OC(=O)CCC(=O)N1CCc2c(ccnc2Cl)C1CC(=O)[O-].CCC[CH2][Sn]([CH2]CCC)([CH2]CCC)[c]1ccc(F)nc1.NCC(=O)N1CCc2c(ccnc2Cl)C1CC(=O)O.O=C1C=C2c3ccnc(-c4ccc(F)nc4)c3CCN2C(=O)CN1.O=C1CC2c3ccnc(-c4ccc(F)nc4)c3CCN2C(=O)CN1.O=C1CC2c3ccnc(Cl)c3CCN2C(=O)CN1.[Na+].c1ncc(C2CC2)[nH]1. The number of hydrogen-bond donors (Lipinski definition) is 6. The van der Waals surface area contributed by atoms with E-state index in [-0.39, 0.29) is 153 Å². The van der Waals surface area contributed by atoms with Crippen LogP contribution in [0.15, 0.2) is 135 Å². The Morgan fingerprint density at radius 1 is 0.536 bits per heavy atom. The van der Waals surface area contributed by atoms with Crippen molar-refractivity contribution in [2.45, 2.75) is 213 Å². The zero-order valence-electron chi connectivity index (χ0n) is 79.4. The number of imidazole rings is 1. The van der Waals surface area contributed by atoms with E-state index in [0.717, 1.165) is 67.2 Å². The number of aromatic amines is 1. The van der Waals surface area contributed by atoms with Crippen LogP contribution in [-0.2, 0) is 89.6 Å². The summed E-state index contributed by atoms with van der Waals surface area (Å²) in [4.78, 5) is 178. The average molecular weight is 2100 g/mol. The maximum atomic E-state index is 13.1. The molecule has 17 heterocycles. The van der Waals surface area contributed by atoms with Crippen LogP contribution >= 0.6 is 34.8 Å². The Balaban J connectivity index is 0.000000158. The van der Waals surface area contributed by atoms with Gasteiger partial charge in [-0.1, -0.05) is 34.8 Å². The van der Waals surface area contributed by atoms with Crippen molar-refractivity contribution in [2.75, 3.05) is 58.9 Å². The number of H-pyrrole nitrogens is 1. The second-order valence-electron chi connectivity index (χ2n) is 35.8. The molecular weight excluding hydrogens is 1980 g/mol. The molecule has 9 aromatic heterocycles. The Kier molecular flexibility index (Phi) is 40.1. The van der Waals surface area contributed by atoms with Gasteiger partial charge in [-0.05, 0) is 170 Å². The maximum absolute atomic E-state index is 13.1. The first-order valence-corrected chi connectivity index (χ1v) is 55.4. The number of unbranched alkanes of at least 4 members (excludes halogenated alkanes) is 3. The molecule has 8 aliphatic heterocycles. The number of nitrogens with two attached hydrogens (primary N) is 1. The van der Waals surface area contributed by atoms with Gasteiger partial charge in [0, 0.05) is 135 Å². The van der Waals surface area contributed by atoms with Crippen LogP contribution in [0.3, 0.4) is 0 Å². The molecule has 736 valence electrons. The minimum atomic E-state index is -2.36. The van der Waals surface area contributed by atoms with Crippen molar-refractivity contribution >= 4 is 128 Å². The fourth-order valence-electron chi connectivity index (χ4n) is 18.5. The molecule has 41 heteroatoms. The third-order valence-corrected chi connectivity index (χ3v) is 42.0. The molecule has 4 unspecified atom stereocenters. The molecule has 0 spiro atoms. The molecule has 0 aromatic carbocycles. The molecule has 9 aromatic rings. The number of fused-ring (bicyclic) bond motifs is 11. The van der Waals surface area contributed by atoms with Crippen LogP contribution in [0, 0.1) is 17.8 Å². The van der Waals surface area contributed by atoms with Gasteiger partial charge in [0.15, 0.2) is 0 Å². The second kappa shape index (κ2) is 51.4. The van der Waals surface area contributed by atoms with Gasteiger partial charge in [-0.2, -0.15) is 8.78 Å². The van der Waals surface area contributed by atoms with Crippen LogP contribution < -0.4 is 59.9 Å². The van der Waals surface area contributed by atoms with E-state index in [1.807, 2.05) is 24.5 Å². The Morgan fingerprint density at radius 3 is 1.46 bits per heavy atom. The molecule has 1 aliphatic carbocycles. The van der Waals surface area contributed by atoms with Gasteiger partial charge >= 0.3 is 170 Å². The molecule has 3 fully saturated rings. The number of esters is 1. The van der Waals surface area contributed by atoms with E-state index in [2.05, 4.69) is 92.6 Å². The molecule has 9 aliphatic rings. The Labute approximate surface area is 851 Å². The third kappa shape index (κ3) is 28.8. The van der Waals surface area contributed by atoms with Crippen LogP contribution in [-0.4, -0.2) is 227 Å². The third-order valence-electron chi connectivity index (χ3n) is 25.4. The van der Waals surface area contributed by atoms with Gasteiger partial charge in [-0.3, -0.25) is 57.9 Å². The summed E-state index contributed by atoms with van der Waals surface area (Å²) in [6, 6.07) is 16.7. The zero-order chi connectivity index (χ0) is 99.8. The van der Waals surface area contributed by atoms with Gasteiger partial charge in [-0.25, -0.2) is 29.9 Å². The second-order valence-corrected chi connectivity index (χ2v) is 50.1. The standard InChI is InChI=1S/C18H23ClN2O5.C17H15FN4O2.C17H13FN4O2.C12H14ClN3O3.C12H12ClN3O2.C6H8N2.C5H3FN.3C4H9.Na.Sn/c1-18(2,3)26-16(25)5-4-14(22)21-9-7-12-11(6-8-20-17(12)19)13(21)10-15(23)24;2*18-14-2-1-10(8-20-14)17-12-4-6-22-13(11(12)3-5-19-17)7-15(23)21-9-16(22)24;13-12-8-2-4-16(10(17)6-14)9(5-11(18)19)7(8)1-3-15-12;13-12-8-2-4-16-9(7(8)1-3-14-12)5-10(17)15-6-11(16)18;1-2-5(1)6-3-7-4-8-6;6-5-3-1-2-4-7-5;3*1-3-4-2;;/h6,8,13H,4-5,7,9-10H2,1-3H3,(H,23,24);1-3,5,8,13H,4,6-7,9H2,(H,21,23);1-3,5,7-8H,4,6,9H2,(H,21,23);1,3,9H,2,4-6,14H2,(H,18,19);1,3,9H,2,4-6H2,(H,15,17);3-5H,1-2H2,(H,7,8);1,3-4H;3*1,3-4H2,2H3;;/q;;;;;;;;;;+1;/p-1. The molecule has 1 saturated carbocycles. The summed E-state index contributed by atoms with van der Waals surface area (Å²) in [7, 11) is 0. The average Bonchev–Trinajstić information content (AvgIpc) is 1.35. The molecule has 2 saturated heterocycles. The summed E-state index contributed by atoms with van der Waals surface area (Å²) >= 11 is 15.8. The monoisotopic (exact) mass is 2100 g/mol. The normalized spacial score (nSPS) is 17.6. The van der Waals surface area contributed by atoms with Crippen LogP contribution in [0.25, 0.3) is 28.2 Å². The molecule has 33 nitrogen and oxygen atoms in total. The first-order valence-electron chi connectivity index (χ1n) is 46.8. The summed E-state index contributed by atoms with van der Waals surface area (Å²) in [6.07, 6.45) is 31.2. The molecule has 7 N–H and O–H groups in total. The van der Waals surface area contributed by atoms with E-state index in [1.165, 1.54) is 127 Å². The fraction of sp³-hybridized carbons (Fsp3) is 0.434. The summed E-state index contributed by atoms with van der Waals surface area (Å²) in [6.45, 7) is 14.4. The van der Waals surface area contributed by atoms with E-state index in [1.54, 1.807) is 96.8 Å². The Hall–Kier alpha value is -11.3. The summed E-state index contributed by atoms with van der Waals surface area (Å²) in [5.74, 6) is -4.66. The molecular formula is C99H114Cl3F3N19NaO14Sn. The number of aliphatic carboxylic acids is 2. The molecule has 4 atom stereocenters. The minimum Gasteiger partial charge on any atom is -0.481 e. The molecule has 0 radical (unpaired) electrons. The number of carboxylic acids is 2.